The number of sulfone groups is 1. The Morgan fingerprint density at radius 3 is 2.48 bits per heavy atom. The second-order valence-electron chi connectivity index (χ2n) is 7.06. The lowest BCUT2D eigenvalue weighted by Gasteiger charge is -2.21. The van der Waals surface area contributed by atoms with Crippen molar-refractivity contribution in [2.75, 3.05) is 30.3 Å². The van der Waals surface area contributed by atoms with Gasteiger partial charge < -0.3 is 9.80 Å². The molecule has 0 saturated heterocycles. The first-order valence-electron chi connectivity index (χ1n) is 9.42. The van der Waals surface area contributed by atoms with Crippen molar-refractivity contribution in [3.05, 3.63) is 22.2 Å². The molecule has 0 spiro atoms. The lowest BCUT2D eigenvalue weighted by atomic mass is 10.2. The molecule has 27 heavy (non-hydrogen) atoms. The van der Waals surface area contributed by atoms with E-state index in [1.807, 2.05) is 19.9 Å². The standard InChI is InChI=1S/C19H25BrN2O4S/c1-3-21(4-2)17(23)8-10-27(25,26)16-12-15(20)11-14-7-9-22(18(14)16)19(24)13-5-6-13/h11-13H,3-10H2,1-2H3. The van der Waals surface area contributed by atoms with E-state index >= 15 is 0 Å². The first-order valence-corrected chi connectivity index (χ1v) is 11.9. The van der Waals surface area contributed by atoms with Gasteiger partial charge in [0.2, 0.25) is 11.8 Å². The fourth-order valence-corrected chi connectivity index (χ4v) is 5.71. The van der Waals surface area contributed by atoms with Gasteiger partial charge in [-0.15, -0.1) is 0 Å². The molecule has 0 aromatic heterocycles. The van der Waals surface area contributed by atoms with Gasteiger partial charge in [0, 0.05) is 36.4 Å². The van der Waals surface area contributed by atoms with E-state index in [0.29, 0.717) is 36.2 Å². The summed E-state index contributed by atoms with van der Waals surface area (Å²) in [6.07, 6.45) is 2.35. The van der Waals surface area contributed by atoms with Crippen LogP contribution in [-0.2, 0) is 25.8 Å². The van der Waals surface area contributed by atoms with Crippen molar-refractivity contribution in [3.63, 3.8) is 0 Å². The summed E-state index contributed by atoms with van der Waals surface area (Å²) in [5.41, 5.74) is 1.39. The molecule has 6 nitrogen and oxygen atoms in total. The van der Waals surface area contributed by atoms with Crippen LogP contribution < -0.4 is 4.90 Å². The zero-order valence-corrected chi connectivity index (χ0v) is 18.1. The van der Waals surface area contributed by atoms with Crippen molar-refractivity contribution in [1.82, 2.24) is 4.90 Å². The average Bonchev–Trinajstić information content (AvgIpc) is 3.40. The van der Waals surface area contributed by atoms with Crippen molar-refractivity contribution in [2.24, 2.45) is 5.92 Å². The summed E-state index contributed by atoms with van der Waals surface area (Å²) in [5.74, 6) is -0.372. The van der Waals surface area contributed by atoms with Crippen molar-refractivity contribution in [3.8, 4) is 0 Å². The van der Waals surface area contributed by atoms with Gasteiger partial charge in [0.1, 0.15) is 0 Å². The number of hydrogen-bond donors (Lipinski definition) is 0. The zero-order valence-electron chi connectivity index (χ0n) is 15.7. The van der Waals surface area contributed by atoms with Gasteiger partial charge in [-0.05, 0) is 50.8 Å². The molecule has 148 valence electrons. The molecule has 1 aliphatic heterocycles. The highest BCUT2D eigenvalue weighted by Gasteiger charge is 2.39. The highest BCUT2D eigenvalue weighted by molar-refractivity contribution is 9.10. The van der Waals surface area contributed by atoms with E-state index < -0.39 is 9.84 Å². The highest BCUT2D eigenvalue weighted by atomic mass is 79.9. The van der Waals surface area contributed by atoms with E-state index in [1.165, 1.54) is 0 Å². The summed E-state index contributed by atoms with van der Waals surface area (Å²) in [5, 5.41) is 0. The largest absolute Gasteiger partial charge is 0.343 e. The number of carbonyl (C=O) groups is 2. The van der Waals surface area contributed by atoms with Crippen LogP contribution in [0, 0.1) is 5.92 Å². The Morgan fingerprint density at radius 2 is 1.89 bits per heavy atom. The van der Waals surface area contributed by atoms with Crippen molar-refractivity contribution in [2.45, 2.75) is 44.4 Å². The van der Waals surface area contributed by atoms with Crippen molar-refractivity contribution in [1.29, 1.82) is 0 Å². The quantitative estimate of drug-likeness (QED) is 0.631. The lowest BCUT2D eigenvalue weighted by molar-refractivity contribution is -0.130. The normalized spacial score (nSPS) is 16.3. The Morgan fingerprint density at radius 1 is 1.22 bits per heavy atom. The van der Waals surface area contributed by atoms with Crippen LogP contribution >= 0.6 is 15.9 Å². The molecule has 8 heteroatoms. The van der Waals surface area contributed by atoms with E-state index in [-0.39, 0.29) is 34.8 Å². The number of amides is 2. The van der Waals surface area contributed by atoms with Crippen LogP contribution in [0.3, 0.4) is 0 Å². The first kappa shape index (κ1) is 20.3. The van der Waals surface area contributed by atoms with Crippen LogP contribution in [-0.4, -0.2) is 50.5 Å². The summed E-state index contributed by atoms with van der Waals surface area (Å²) >= 11 is 3.39. The number of nitrogens with zero attached hydrogens (tertiary/aromatic N) is 2. The molecule has 1 heterocycles. The predicted octanol–water partition coefficient (Wildman–Crippen LogP) is 2.78. The van der Waals surface area contributed by atoms with Crippen LogP contribution in [0.4, 0.5) is 5.69 Å². The number of anilines is 1. The van der Waals surface area contributed by atoms with Gasteiger partial charge >= 0.3 is 0 Å². The average molecular weight is 457 g/mol. The van der Waals surface area contributed by atoms with Crippen molar-refractivity contribution >= 4 is 43.3 Å². The number of halogens is 1. The molecule has 0 N–H and O–H groups in total. The monoisotopic (exact) mass is 456 g/mol. The SMILES string of the molecule is CCN(CC)C(=O)CCS(=O)(=O)c1cc(Br)cc2c1N(C(=O)C1CC1)CC2. The molecule has 0 radical (unpaired) electrons. The van der Waals surface area contributed by atoms with Crippen LogP contribution in [0.25, 0.3) is 0 Å². The Bertz CT molecular complexity index is 861. The maximum Gasteiger partial charge on any atom is 0.230 e. The summed E-state index contributed by atoms with van der Waals surface area (Å²) in [6, 6.07) is 3.45. The maximum atomic E-state index is 13.1. The van der Waals surface area contributed by atoms with Gasteiger partial charge in [-0.3, -0.25) is 9.59 Å². The van der Waals surface area contributed by atoms with Crippen molar-refractivity contribution < 1.29 is 18.0 Å². The van der Waals surface area contributed by atoms with Crippen LogP contribution in [0.15, 0.2) is 21.5 Å². The zero-order chi connectivity index (χ0) is 19.8. The maximum absolute atomic E-state index is 13.1. The summed E-state index contributed by atoms with van der Waals surface area (Å²) in [7, 11) is -3.70. The Balaban J connectivity index is 1.89. The van der Waals surface area contributed by atoms with Gasteiger partial charge in [0.15, 0.2) is 9.84 Å². The van der Waals surface area contributed by atoms with Gasteiger partial charge in [-0.25, -0.2) is 8.42 Å². The number of benzene rings is 1. The highest BCUT2D eigenvalue weighted by Crippen LogP contribution is 2.41. The minimum atomic E-state index is -3.70. The van der Waals surface area contributed by atoms with E-state index in [4.69, 9.17) is 0 Å². The minimum Gasteiger partial charge on any atom is -0.343 e. The second-order valence-corrected chi connectivity index (χ2v) is 10.1. The second kappa shape index (κ2) is 7.91. The van der Waals surface area contributed by atoms with E-state index in [1.54, 1.807) is 15.9 Å². The van der Waals surface area contributed by atoms with E-state index in [0.717, 1.165) is 18.4 Å². The van der Waals surface area contributed by atoms with Crippen LogP contribution in [0.5, 0.6) is 0 Å². The molecule has 3 rings (SSSR count). The van der Waals surface area contributed by atoms with Gasteiger partial charge in [-0.1, -0.05) is 15.9 Å². The third-order valence-corrected chi connectivity index (χ3v) is 7.40. The fraction of sp³-hybridized carbons (Fsp3) is 0.579. The Hall–Kier alpha value is -1.41. The smallest absolute Gasteiger partial charge is 0.230 e. The fourth-order valence-electron chi connectivity index (χ4n) is 3.54. The van der Waals surface area contributed by atoms with Crippen LogP contribution in [0.1, 0.15) is 38.7 Å². The molecule has 1 aromatic rings. The molecule has 0 unspecified atom stereocenters. The summed E-state index contributed by atoms with van der Waals surface area (Å²) in [6.45, 7) is 5.38. The lowest BCUT2D eigenvalue weighted by Crippen LogP contribution is -2.33. The van der Waals surface area contributed by atoms with Crippen LogP contribution in [0.2, 0.25) is 0 Å². The Kier molecular flexibility index (Phi) is 5.96. The van der Waals surface area contributed by atoms with Gasteiger partial charge in [-0.2, -0.15) is 0 Å². The molecule has 1 aromatic carbocycles. The number of hydrogen-bond acceptors (Lipinski definition) is 4. The molecule has 0 bridgehead atoms. The number of fused-ring (bicyclic) bond motifs is 1. The number of rotatable bonds is 7. The number of carbonyl (C=O) groups excluding carboxylic acids is 2. The predicted molar refractivity (Wildman–Crippen MR) is 108 cm³/mol. The molecule has 0 atom stereocenters. The molecule has 2 aliphatic rings. The van der Waals surface area contributed by atoms with E-state index in [2.05, 4.69) is 15.9 Å². The Labute approximate surface area is 168 Å². The minimum absolute atomic E-state index is 0.0201. The van der Waals surface area contributed by atoms with Gasteiger partial charge in [0.25, 0.3) is 0 Å². The molecule has 1 saturated carbocycles. The molecule has 1 aliphatic carbocycles. The molecular formula is C19H25BrN2O4S. The summed E-state index contributed by atoms with van der Waals surface area (Å²) in [4.78, 5) is 28.3. The third-order valence-electron chi connectivity index (χ3n) is 5.22. The molecule has 1 fully saturated rings. The van der Waals surface area contributed by atoms with E-state index in [9.17, 15) is 18.0 Å². The third kappa shape index (κ3) is 4.21. The van der Waals surface area contributed by atoms with Gasteiger partial charge in [0.05, 0.1) is 16.3 Å². The molecular weight excluding hydrogens is 432 g/mol. The summed E-state index contributed by atoms with van der Waals surface area (Å²) < 4.78 is 26.8. The molecule has 2 amide bonds. The topological polar surface area (TPSA) is 74.8 Å². The first-order chi connectivity index (χ1) is 12.8.